The van der Waals surface area contributed by atoms with Gasteiger partial charge in [0.1, 0.15) is 0 Å². The summed E-state index contributed by atoms with van der Waals surface area (Å²) >= 11 is 0. The molecule has 2 rings (SSSR count). The fourth-order valence-corrected chi connectivity index (χ4v) is 2.25. The van der Waals surface area contributed by atoms with E-state index in [1.54, 1.807) is 5.57 Å². The minimum Gasteiger partial charge on any atom is -0.299 e. The first-order chi connectivity index (χ1) is 7.34. The summed E-state index contributed by atoms with van der Waals surface area (Å²) in [5.41, 5.74) is 1.55. The minimum atomic E-state index is 0.934. The van der Waals surface area contributed by atoms with Gasteiger partial charge in [-0.05, 0) is 38.3 Å². The number of hydrogen-bond acceptors (Lipinski definition) is 1. The van der Waals surface area contributed by atoms with Crippen molar-refractivity contribution in [3.63, 3.8) is 0 Å². The maximum Gasteiger partial charge on any atom is 0.0199 e. The first kappa shape index (κ1) is 10.7. The Kier molecular flexibility index (Phi) is 3.79. The number of allylic oxidation sites excluding steroid dienone is 5. The van der Waals surface area contributed by atoms with Crippen LogP contribution in [-0.2, 0) is 0 Å². The molecular weight excluding hydrogens is 182 g/mol. The maximum atomic E-state index is 2.60. The third-order valence-electron chi connectivity index (χ3n) is 3.37. The van der Waals surface area contributed by atoms with Crippen molar-refractivity contribution in [2.45, 2.75) is 26.2 Å². The SMILES string of the molecule is CC1CCN(CC2=CC=CC=CC2)CC1. The van der Waals surface area contributed by atoms with E-state index in [0.29, 0.717) is 0 Å². The normalized spacial score (nSPS) is 23.9. The van der Waals surface area contributed by atoms with Crippen LogP contribution in [0.25, 0.3) is 0 Å². The summed E-state index contributed by atoms with van der Waals surface area (Å²) in [5, 5.41) is 0. The van der Waals surface area contributed by atoms with Gasteiger partial charge >= 0.3 is 0 Å². The lowest BCUT2D eigenvalue weighted by Gasteiger charge is -2.30. The van der Waals surface area contributed by atoms with Gasteiger partial charge in [-0.1, -0.05) is 42.9 Å². The van der Waals surface area contributed by atoms with E-state index < -0.39 is 0 Å². The maximum absolute atomic E-state index is 2.60. The molecule has 0 saturated carbocycles. The molecule has 0 aromatic rings. The molecule has 0 amide bonds. The Bertz CT molecular complexity index is 278. The van der Waals surface area contributed by atoms with Crippen LogP contribution in [0.2, 0.25) is 0 Å². The van der Waals surface area contributed by atoms with Crippen molar-refractivity contribution in [1.82, 2.24) is 4.90 Å². The van der Waals surface area contributed by atoms with Gasteiger partial charge in [-0.2, -0.15) is 0 Å². The third-order valence-corrected chi connectivity index (χ3v) is 3.37. The van der Waals surface area contributed by atoms with Crippen LogP contribution < -0.4 is 0 Å². The molecule has 1 fully saturated rings. The molecule has 15 heavy (non-hydrogen) atoms. The Morgan fingerprint density at radius 2 is 2.00 bits per heavy atom. The summed E-state index contributed by atoms with van der Waals surface area (Å²) < 4.78 is 0. The Morgan fingerprint density at radius 1 is 1.20 bits per heavy atom. The van der Waals surface area contributed by atoms with Gasteiger partial charge in [0.15, 0.2) is 0 Å². The van der Waals surface area contributed by atoms with Gasteiger partial charge in [0.05, 0.1) is 0 Å². The molecule has 0 aromatic heterocycles. The van der Waals surface area contributed by atoms with E-state index in [0.717, 1.165) is 12.3 Å². The second kappa shape index (κ2) is 5.32. The second-order valence-corrected chi connectivity index (χ2v) is 4.80. The van der Waals surface area contributed by atoms with Crippen LogP contribution in [0.3, 0.4) is 0 Å². The zero-order chi connectivity index (χ0) is 10.5. The Labute approximate surface area is 93.2 Å². The molecule has 82 valence electrons. The van der Waals surface area contributed by atoms with Crippen molar-refractivity contribution in [3.05, 3.63) is 36.0 Å². The van der Waals surface area contributed by atoms with Crippen LogP contribution >= 0.6 is 0 Å². The first-order valence-corrected chi connectivity index (χ1v) is 6.08. The van der Waals surface area contributed by atoms with Gasteiger partial charge < -0.3 is 0 Å². The van der Waals surface area contributed by atoms with Gasteiger partial charge in [0, 0.05) is 6.54 Å². The van der Waals surface area contributed by atoms with E-state index in [9.17, 15) is 0 Å². The van der Waals surface area contributed by atoms with Crippen molar-refractivity contribution < 1.29 is 0 Å². The van der Waals surface area contributed by atoms with Gasteiger partial charge in [0.25, 0.3) is 0 Å². The number of piperidine rings is 1. The van der Waals surface area contributed by atoms with Gasteiger partial charge in [-0.25, -0.2) is 0 Å². The third kappa shape index (κ3) is 3.35. The number of rotatable bonds is 2. The molecule has 0 radical (unpaired) electrons. The summed E-state index contributed by atoms with van der Waals surface area (Å²) in [5.74, 6) is 0.934. The molecule has 0 unspecified atom stereocenters. The lowest BCUT2D eigenvalue weighted by Crippen LogP contribution is -2.34. The number of likely N-dealkylation sites (tertiary alicyclic amines) is 1. The van der Waals surface area contributed by atoms with E-state index in [1.165, 1.54) is 32.5 Å². The molecule has 1 aliphatic heterocycles. The first-order valence-electron chi connectivity index (χ1n) is 6.08. The summed E-state index contributed by atoms with van der Waals surface area (Å²) in [6.07, 6.45) is 14.8. The molecular formula is C14H21N. The molecule has 1 aliphatic carbocycles. The average molecular weight is 203 g/mol. The van der Waals surface area contributed by atoms with Crippen LogP contribution in [0.15, 0.2) is 36.0 Å². The predicted molar refractivity (Wildman–Crippen MR) is 65.8 cm³/mol. The zero-order valence-corrected chi connectivity index (χ0v) is 9.65. The van der Waals surface area contributed by atoms with Crippen LogP contribution in [0, 0.1) is 5.92 Å². The Balaban J connectivity index is 1.84. The van der Waals surface area contributed by atoms with E-state index in [4.69, 9.17) is 0 Å². The summed E-state index contributed by atoms with van der Waals surface area (Å²) in [6, 6.07) is 0. The lowest BCUT2D eigenvalue weighted by molar-refractivity contribution is 0.205. The van der Waals surface area contributed by atoms with Crippen molar-refractivity contribution in [1.29, 1.82) is 0 Å². The molecule has 0 spiro atoms. The van der Waals surface area contributed by atoms with E-state index in [2.05, 4.69) is 42.2 Å². The highest BCUT2D eigenvalue weighted by molar-refractivity contribution is 5.24. The van der Waals surface area contributed by atoms with E-state index >= 15 is 0 Å². The Morgan fingerprint density at radius 3 is 2.80 bits per heavy atom. The Hall–Kier alpha value is -0.820. The van der Waals surface area contributed by atoms with Gasteiger partial charge in [0.2, 0.25) is 0 Å². The van der Waals surface area contributed by atoms with Crippen molar-refractivity contribution in [2.75, 3.05) is 19.6 Å². The summed E-state index contributed by atoms with van der Waals surface area (Å²) in [6.45, 7) is 6.10. The van der Waals surface area contributed by atoms with Gasteiger partial charge in [-0.15, -0.1) is 0 Å². The monoisotopic (exact) mass is 203 g/mol. The van der Waals surface area contributed by atoms with E-state index in [1.807, 2.05) is 0 Å². The molecule has 1 heterocycles. The molecule has 0 bridgehead atoms. The molecule has 1 heteroatoms. The predicted octanol–water partition coefficient (Wildman–Crippen LogP) is 3.16. The topological polar surface area (TPSA) is 3.24 Å². The van der Waals surface area contributed by atoms with Crippen LogP contribution in [0.1, 0.15) is 26.2 Å². The van der Waals surface area contributed by atoms with Crippen molar-refractivity contribution in [2.24, 2.45) is 5.92 Å². The smallest absolute Gasteiger partial charge is 0.0199 e. The quantitative estimate of drug-likeness (QED) is 0.666. The van der Waals surface area contributed by atoms with Crippen molar-refractivity contribution in [3.8, 4) is 0 Å². The highest BCUT2D eigenvalue weighted by Gasteiger charge is 2.15. The summed E-state index contributed by atoms with van der Waals surface area (Å²) in [4.78, 5) is 2.60. The lowest BCUT2D eigenvalue weighted by atomic mass is 9.98. The number of hydrogen-bond donors (Lipinski definition) is 0. The fourth-order valence-electron chi connectivity index (χ4n) is 2.25. The fraction of sp³-hybridized carbons (Fsp3) is 0.571. The highest BCUT2D eigenvalue weighted by atomic mass is 15.1. The van der Waals surface area contributed by atoms with Gasteiger partial charge in [-0.3, -0.25) is 4.90 Å². The molecule has 1 saturated heterocycles. The van der Waals surface area contributed by atoms with Crippen molar-refractivity contribution >= 4 is 0 Å². The van der Waals surface area contributed by atoms with E-state index in [-0.39, 0.29) is 0 Å². The number of nitrogens with zero attached hydrogens (tertiary/aromatic N) is 1. The second-order valence-electron chi connectivity index (χ2n) is 4.80. The molecule has 1 nitrogen and oxygen atoms in total. The molecule has 0 aromatic carbocycles. The standard InChI is InChI=1S/C14H21N/c1-13-8-10-15(11-9-13)12-14-6-4-2-3-5-7-14/h2-6,13H,7-12H2,1H3. The molecule has 0 atom stereocenters. The molecule has 2 aliphatic rings. The molecule has 0 N–H and O–H groups in total. The summed E-state index contributed by atoms with van der Waals surface area (Å²) in [7, 11) is 0. The zero-order valence-electron chi connectivity index (χ0n) is 9.65. The van der Waals surface area contributed by atoms with Crippen LogP contribution in [0.4, 0.5) is 0 Å². The average Bonchev–Trinajstić information content (AvgIpc) is 2.50. The minimum absolute atomic E-state index is 0.934. The largest absolute Gasteiger partial charge is 0.299 e. The highest BCUT2D eigenvalue weighted by Crippen LogP contribution is 2.18. The van der Waals surface area contributed by atoms with Crippen LogP contribution in [-0.4, -0.2) is 24.5 Å². The van der Waals surface area contributed by atoms with Crippen LogP contribution in [0.5, 0.6) is 0 Å².